The van der Waals surface area contributed by atoms with Crippen LogP contribution in [0.1, 0.15) is 478 Å². The van der Waals surface area contributed by atoms with E-state index < -0.39 is 97.5 Å². The van der Waals surface area contributed by atoms with Gasteiger partial charge in [0.1, 0.15) is 19.3 Å². The maximum Gasteiger partial charge on any atom is 0.472 e. The summed E-state index contributed by atoms with van der Waals surface area (Å²) in [5, 5.41) is 10.7. The van der Waals surface area contributed by atoms with Gasteiger partial charge in [-0.1, -0.05) is 426 Å². The molecule has 0 aliphatic rings. The van der Waals surface area contributed by atoms with Crippen molar-refractivity contribution in [3.63, 3.8) is 0 Å². The average molecular weight is 1560 g/mol. The number of phosphoric ester groups is 2. The quantitative estimate of drug-likeness (QED) is 0.0222. The van der Waals surface area contributed by atoms with Crippen molar-refractivity contribution in [2.24, 2.45) is 5.92 Å². The molecule has 0 aromatic carbocycles. The third-order valence-corrected chi connectivity index (χ3v) is 22.7. The number of aliphatic hydroxyl groups excluding tert-OH is 1. The molecule has 19 heteroatoms. The Morgan fingerprint density at radius 2 is 0.430 bits per heavy atom. The molecule has 0 aliphatic carbocycles. The molecular weight excluding hydrogens is 1390 g/mol. The highest BCUT2D eigenvalue weighted by atomic mass is 31.2. The summed E-state index contributed by atoms with van der Waals surface area (Å²) < 4.78 is 69.0. The molecule has 3 N–H and O–H groups in total. The predicted octanol–water partition coefficient (Wildman–Crippen LogP) is 27.2. The Kier molecular flexibility index (Phi) is 79.2. The topological polar surface area (TPSA) is 237 Å². The molecule has 0 saturated carbocycles. The van der Waals surface area contributed by atoms with E-state index in [1.807, 2.05) is 0 Å². The fraction of sp³-hybridized carbons (Fsp3) is 0.955. The Labute approximate surface area is 658 Å². The molecule has 0 aromatic rings. The standard InChI is InChI=1S/C88H172O17P2/c1-6-9-12-15-18-21-24-27-29-31-32-33-34-38-44-49-54-59-64-69-74-88(93)105-84(78-99-86(91)72-67-62-57-52-47-42-39-35-36-41-45-50-55-60-65-70-81(4)5)80-103-107(96,97)101-76-82(89)75-100-106(94,95)102-79-83(77-98-85(90)71-66-61-56-51-46-40-26-23-20-17-14-11-8-3)104-87(92)73-68-63-58-53-48-43-37-30-28-25-22-19-16-13-10-7-2/h81-84,89H,6-80H2,1-5H3,(H,94,95)(H,96,97)/t82-,83+,84+/m0/s1. The van der Waals surface area contributed by atoms with Crippen molar-refractivity contribution in [1.29, 1.82) is 0 Å². The van der Waals surface area contributed by atoms with Crippen LogP contribution in [0.4, 0.5) is 0 Å². The third-order valence-electron chi connectivity index (χ3n) is 20.8. The maximum absolute atomic E-state index is 13.2. The van der Waals surface area contributed by atoms with Gasteiger partial charge in [-0.2, -0.15) is 0 Å². The Morgan fingerprint density at radius 1 is 0.252 bits per heavy atom. The van der Waals surface area contributed by atoms with Crippen LogP contribution < -0.4 is 0 Å². The Balaban J connectivity index is 5.26. The zero-order valence-electron chi connectivity index (χ0n) is 70.3. The molecule has 0 fully saturated rings. The minimum atomic E-state index is -4.97. The van der Waals surface area contributed by atoms with Crippen LogP contribution >= 0.6 is 15.6 Å². The molecule has 107 heavy (non-hydrogen) atoms. The van der Waals surface area contributed by atoms with Crippen LogP contribution in [0.3, 0.4) is 0 Å². The van der Waals surface area contributed by atoms with E-state index in [0.29, 0.717) is 25.7 Å². The summed E-state index contributed by atoms with van der Waals surface area (Å²) in [5.74, 6) is -1.29. The summed E-state index contributed by atoms with van der Waals surface area (Å²) in [6.45, 7) is 7.42. The molecule has 0 radical (unpaired) electrons. The number of carbonyl (C=O) groups is 4. The summed E-state index contributed by atoms with van der Waals surface area (Å²) in [6.07, 6.45) is 74.9. The van der Waals surface area contributed by atoms with Gasteiger partial charge < -0.3 is 33.8 Å². The van der Waals surface area contributed by atoms with Gasteiger partial charge in [-0.15, -0.1) is 0 Å². The molecule has 0 aliphatic heterocycles. The molecular formula is C88H172O17P2. The minimum Gasteiger partial charge on any atom is -0.462 e. The van der Waals surface area contributed by atoms with Crippen molar-refractivity contribution < 1.29 is 80.2 Å². The van der Waals surface area contributed by atoms with Gasteiger partial charge in [0.25, 0.3) is 0 Å². The van der Waals surface area contributed by atoms with Crippen molar-refractivity contribution in [1.82, 2.24) is 0 Å². The Bertz CT molecular complexity index is 2030. The predicted molar refractivity (Wildman–Crippen MR) is 442 cm³/mol. The first kappa shape index (κ1) is 105. The molecule has 636 valence electrons. The molecule has 0 heterocycles. The zero-order valence-corrected chi connectivity index (χ0v) is 72.1. The van der Waals surface area contributed by atoms with Gasteiger partial charge in [0.05, 0.1) is 26.4 Å². The molecule has 17 nitrogen and oxygen atoms in total. The maximum atomic E-state index is 13.2. The molecule has 2 unspecified atom stereocenters. The third kappa shape index (κ3) is 81.9. The fourth-order valence-electron chi connectivity index (χ4n) is 13.8. The van der Waals surface area contributed by atoms with Gasteiger partial charge in [0.15, 0.2) is 12.2 Å². The summed E-state index contributed by atoms with van der Waals surface area (Å²) >= 11 is 0. The number of ether oxygens (including phenoxy) is 4. The van der Waals surface area contributed by atoms with Crippen molar-refractivity contribution in [3.05, 3.63) is 0 Å². The van der Waals surface area contributed by atoms with Crippen LogP contribution in [0.15, 0.2) is 0 Å². The van der Waals surface area contributed by atoms with Crippen LogP contribution in [-0.2, 0) is 65.4 Å². The van der Waals surface area contributed by atoms with E-state index >= 15 is 0 Å². The zero-order chi connectivity index (χ0) is 78.3. The first-order valence-corrected chi connectivity index (χ1v) is 48.6. The molecule has 0 amide bonds. The average Bonchev–Trinajstić information content (AvgIpc) is 0.914. The first-order valence-electron chi connectivity index (χ1n) is 45.6. The van der Waals surface area contributed by atoms with Crippen LogP contribution in [-0.4, -0.2) is 96.7 Å². The Morgan fingerprint density at radius 3 is 0.636 bits per heavy atom. The number of esters is 4. The number of carbonyl (C=O) groups excluding carboxylic acids is 4. The lowest BCUT2D eigenvalue weighted by Gasteiger charge is -2.21. The molecule has 0 aromatic heterocycles. The fourth-order valence-corrected chi connectivity index (χ4v) is 15.4. The molecule has 0 saturated heterocycles. The van der Waals surface area contributed by atoms with Crippen molar-refractivity contribution >= 4 is 39.5 Å². The Hall–Kier alpha value is -1.94. The van der Waals surface area contributed by atoms with Gasteiger partial charge in [0, 0.05) is 25.7 Å². The summed E-state index contributed by atoms with van der Waals surface area (Å²) in [4.78, 5) is 73.3. The number of hydrogen-bond donors (Lipinski definition) is 3. The summed E-state index contributed by atoms with van der Waals surface area (Å²) in [7, 11) is -9.93. The number of unbranched alkanes of at least 4 members (excludes halogenated alkanes) is 60. The SMILES string of the molecule is CCCCCCCCCCCCCCCCCCCCCCC(=O)O[C@H](COC(=O)CCCCCCCCCCCCCCCCCC(C)C)COP(=O)(O)OC[C@@H](O)COP(=O)(O)OC[C@@H](COC(=O)CCCCCCCCCCCCCCC)OC(=O)CCCCCCCCCCCCCCCCCC. The lowest BCUT2D eigenvalue weighted by atomic mass is 10.0. The smallest absolute Gasteiger partial charge is 0.462 e. The minimum absolute atomic E-state index is 0.109. The van der Waals surface area contributed by atoms with Crippen molar-refractivity contribution in [3.8, 4) is 0 Å². The van der Waals surface area contributed by atoms with E-state index in [0.717, 1.165) is 95.8 Å². The van der Waals surface area contributed by atoms with Crippen LogP contribution in [0.25, 0.3) is 0 Å². The van der Waals surface area contributed by atoms with E-state index in [1.54, 1.807) is 0 Å². The van der Waals surface area contributed by atoms with E-state index in [4.69, 9.17) is 37.0 Å². The number of aliphatic hydroxyl groups is 1. The van der Waals surface area contributed by atoms with E-state index in [2.05, 4.69) is 34.6 Å². The highest BCUT2D eigenvalue weighted by molar-refractivity contribution is 7.47. The lowest BCUT2D eigenvalue weighted by Crippen LogP contribution is -2.30. The molecule has 0 bridgehead atoms. The molecule has 5 atom stereocenters. The molecule has 0 spiro atoms. The van der Waals surface area contributed by atoms with Gasteiger partial charge in [-0.25, -0.2) is 9.13 Å². The van der Waals surface area contributed by atoms with Crippen LogP contribution in [0.5, 0.6) is 0 Å². The number of rotatable bonds is 88. The number of hydrogen-bond acceptors (Lipinski definition) is 15. The summed E-state index contributed by atoms with van der Waals surface area (Å²) in [5.41, 5.74) is 0. The molecule has 0 rings (SSSR count). The highest BCUT2D eigenvalue weighted by Crippen LogP contribution is 2.45. The number of phosphoric acid groups is 2. The van der Waals surface area contributed by atoms with Crippen molar-refractivity contribution in [2.45, 2.75) is 496 Å². The van der Waals surface area contributed by atoms with Crippen molar-refractivity contribution in [2.75, 3.05) is 39.6 Å². The largest absolute Gasteiger partial charge is 0.472 e. The van der Waals surface area contributed by atoms with Crippen LogP contribution in [0, 0.1) is 5.92 Å². The van der Waals surface area contributed by atoms with Gasteiger partial charge in [-0.05, 0) is 31.6 Å². The second-order valence-corrected chi connectivity index (χ2v) is 35.0. The normalized spacial score (nSPS) is 13.7. The van der Waals surface area contributed by atoms with Gasteiger partial charge >= 0.3 is 39.5 Å². The van der Waals surface area contributed by atoms with E-state index in [1.165, 1.54) is 302 Å². The van der Waals surface area contributed by atoms with E-state index in [9.17, 15) is 43.2 Å². The van der Waals surface area contributed by atoms with Crippen LogP contribution in [0.2, 0.25) is 0 Å². The first-order chi connectivity index (χ1) is 52.0. The van der Waals surface area contributed by atoms with E-state index in [-0.39, 0.29) is 25.7 Å². The van der Waals surface area contributed by atoms with Gasteiger partial charge in [-0.3, -0.25) is 37.3 Å². The highest BCUT2D eigenvalue weighted by Gasteiger charge is 2.30. The second-order valence-electron chi connectivity index (χ2n) is 32.1. The van der Waals surface area contributed by atoms with Gasteiger partial charge in [0.2, 0.25) is 0 Å². The monoisotopic (exact) mass is 1560 g/mol. The summed E-state index contributed by atoms with van der Waals surface area (Å²) in [6, 6.07) is 0. The second kappa shape index (κ2) is 80.7. The lowest BCUT2D eigenvalue weighted by molar-refractivity contribution is -0.161.